The van der Waals surface area contributed by atoms with Crippen LogP contribution in [0, 0.1) is 0 Å². The van der Waals surface area contributed by atoms with Gasteiger partial charge in [-0.3, -0.25) is 0 Å². The fourth-order valence-corrected chi connectivity index (χ4v) is 13.9. The second-order valence-electron chi connectivity index (χ2n) is 7.04. The van der Waals surface area contributed by atoms with Crippen LogP contribution in [0.1, 0.15) is 27.7 Å². The van der Waals surface area contributed by atoms with E-state index in [1.165, 1.54) is 37.0 Å². The Bertz CT molecular complexity index is 645. The van der Waals surface area contributed by atoms with E-state index in [9.17, 15) is 0 Å². The second-order valence-corrected chi connectivity index (χ2v) is 16.0. The Kier molecular flexibility index (Phi) is 10.0. The molecule has 0 N–H and O–H groups in total. The van der Waals surface area contributed by atoms with Gasteiger partial charge in [0, 0.05) is 11.1 Å². The van der Waals surface area contributed by atoms with E-state index in [4.69, 9.17) is 0 Å². The monoisotopic (exact) mass is 612 g/mol. The molecule has 0 bridgehead atoms. The van der Waals surface area contributed by atoms with Crippen molar-refractivity contribution in [1.82, 2.24) is 0 Å². The van der Waals surface area contributed by atoms with Crippen LogP contribution in [0.25, 0.3) is 11.1 Å². The molecular weight excluding hydrogens is 580 g/mol. The van der Waals surface area contributed by atoms with Gasteiger partial charge in [0.1, 0.15) is 10.6 Å². The molecule has 2 aromatic carbocycles. The van der Waals surface area contributed by atoms with E-state index in [1.807, 2.05) is 0 Å². The van der Waals surface area contributed by atoms with Crippen molar-refractivity contribution >= 4 is 25.1 Å². The maximum absolute atomic E-state index is 2.45. The lowest BCUT2D eigenvalue weighted by Gasteiger charge is -2.35. The zero-order valence-electron chi connectivity index (χ0n) is 16.5. The molecule has 0 nitrogen and oxygen atoms in total. The van der Waals surface area contributed by atoms with Crippen molar-refractivity contribution in [3.63, 3.8) is 0 Å². The highest BCUT2D eigenvalue weighted by atomic mass is 127. The smallest absolute Gasteiger partial charge is 0.102 e. The summed E-state index contributed by atoms with van der Waals surface area (Å²) >= 11 is 0. The van der Waals surface area contributed by atoms with E-state index >= 15 is 0 Å². The molecule has 1 aliphatic rings. The van der Waals surface area contributed by atoms with Crippen LogP contribution in [0.2, 0.25) is 0 Å². The van der Waals surface area contributed by atoms with Gasteiger partial charge in [-0.1, -0.05) is 36.4 Å². The first-order valence-corrected chi connectivity index (χ1v) is 14.3. The molecule has 4 heteroatoms. The molecular formula is C22H32I2P2. The van der Waals surface area contributed by atoms with Crippen LogP contribution >= 0.6 is 14.5 Å². The van der Waals surface area contributed by atoms with Crippen molar-refractivity contribution in [2.75, 3.05) is 37.0 Å². The molecule has 0 saturated heterocycles. The van der Waals surface area contributed by atoms with Gasteiger partial charge in [-0.25, -0.2) is 0 Å². The van der Waals surface area contributed by atoms with Gasteiger partial charge in [0.15, 0.2) is 0 Å². The van der Waals surface area contributed by atoms with Gasteiger partial charge in [-0.05, 0) is 39.8 Å². The lowest BCUT2D eigenvalue weighted by atomic mass is 10.1. The third-order valence-electron chi connectivity index (χ3n) is 6.50. The van der Waals surface area contributed by atoms with Crippen LogP contribution in [-0.2, 0) is 0 Å². The minimum absolute atomic E-state index is 0. The maximum atomic E-state index is 2.45. The van der Waals surface area contributed by atoms with Gasteiger partial charge in [0.25, 0.3) is 0 Å². The minimum atomic E-state index is -1.05. The van der Waals surface area contributed by atoms with Gasteiger partial charge in [0.05, 0.1) is 51.5 Å². The molecule has 0 radical (unpaired) electrons. The maximum Gasteiger partial charge on any atom is 0.102 e. The van der Waals surface area contributed by atoms with Crippen LogP contribution in [0.5, 0.6) is 0 Å². The summed E-state index contributed by atoms with van der Waals surface area (Å²) in [5.41, 5.74) is 3.10. The Balaban J connectivity index is 0.00000169. The number of halogens is 2. The van der Waals surface area contributed by atoms with Crippen LogP contribution in [0.4, 0.5) is 0 Å². The van der Waals surface area contributed by atoms with Crippen molar-refractivity contribution in [1.29, 1.82) is 0 Å². The van der Waals surface area contributed by atoms with Crippen molar-refractivity contribution in [2.24, 2.45) is 0 Å². The molecule has 1 heterocycles. The van der Waals surface area contributed by atoms with E-state index in [0.29, 0.717) is 0 Å². The highest BCUT2D eigenvalue weighted by Crippen LogP contribution is 2.67. The van der Waals surface area contributed by atoms with Crippen molar-refractivity contribution in [3.8, 4) is 11.1 Å². The lowest BCUT2D eigenvalue weighted by Crippen LogP contribution is -3.00. The van der Waals surface area contributed by atoms with E-state index in [2.05, 4.69) is 76.2 Å². The van der Waals surface area contributed by atoms with Crippen LogP contribution < -0.4 is 58.6 Å². The van der Waals surface area contributed by atoms with E-state index < -0.39 is 14.5 Å². The quantitative estimate of drug-likeness (QED) is 0.330. The molecule has 0 atom stereocenters. The van der Waals surface area contributed by atoms with E-state index in [0.717, 1.165) is 0 Å². The Morgan fingerprint density at radius 3 is 1.19 bits per heavy atom. The topological polar surface area (TPSA) is 0 Å². The molecule has 3 rings (SSSR count). The van der Waals surface area contributed by atoms with Crippen molar-refractivity contribution < 1.29 is 48.0 Å². The van der Waals surface area contributed by atoms with Crippen LogP contribution in [0.3, 0.4) is 0 Å². The van der Waals surface area contributed by atoms with Gasteiger partial charge in [0.2, 0.25) is 0 Å². The summed E-state index contributed by atoms with van der Waals surface area (Å²) in [6, 6.07) is 18.7. The average molecular weight is 612 g/mol. The summed E-state index contributed by atoms with van der Waals surface area (Å²) in [5, 5.41) is 3.40. The van der Waals surface area contributed by atoms with Gasteiger partial charge in [-0.15, -0.1) is 0 Å². The molecule has 0 amide bonds. The lowest BCUT2D eigenvalue weighted by molar-refractivity contribution is -0.00100. The molecule has 0 aromatic heterocycles. The van der Waals surface area contributed by atoms with Gasteiger partial charge in [-0.2, -0.15) is 0 Å². The van der Waals surface area contributed by atoms with E-state index in [-0.39, 0.29) is 48.0 Å². The predicted octanol–water partition coefficient (Wildman–Crippen LogP) is -0.259. The fraction of sp³-hybridized carbons (Fsp3) is 0.455. The average Bonchev–Trinajstić information content (AvgIpc) is 2.66. The number of hydrogen-bond acceptors (Lipinski definition) is 0. The minimum Gasteiger partial charge on any atom is -1.00 e. The Labute approximate surface area is 196 Å². The first kappa shape index (κ1) is 24.8. The molecule has 144 valence electrons. The first-order valence-electron chi connectivity index (χ1n) is 9.58. The Morgan fingerprint density at radius 2 is 0.885 bits per heavy atom. The number of fused-ring (bicyclic) bond motifs is 3. The summed E-state index contributed by atoms with van der Waals surface area (Å²) in [7, 11) is -2.09. The molecule has 0 fully saturated rings. The standard InChI is InChI=1S/C22H32P2.2HI/c1-5-23(6-2)17-18-24(7-3,8-4)22-16-12-10-14-20(22)19-13-9-11-15-21(19)23;;/h9-16H,5-8,17-18H2,1-4H3;2*1H/q+2;;/p-2. The normalized spacial score (nSPS) is 16.8. The van der Waals surface area contributed by atoms with Crippen LogP contribution in [-0.4, -0.2) is 37.0 Å². The highest BCUT2D eigenvalue weighted by Gasteiger charge is 2.48. The molecule has 2 aromatic rings. The summed E-state index contributed by atoms with van der Waals surface area (Å²) in [6.07, 6.45) is 8.35. The summed E-state index contributed by atoms with van der Waals surface area (Å²) in [6.45, 7) is 9.78. The second kappa shape index (κ2) is 10.5. The Hall–Kier alpha value is 0.760. The summed E-state index contributed by atoms with van der Waals surface area (Å²) < 4.78 is 0. The summed E-state index contributed by atoms with van der Waals surface area (Å²) in [4.78, 5) is 0. The zero-order valence-corrected chi connectivity index (χ0v) is 22.6. The fourth-order valence-electron chi connectivity index (χ4n) is 4.61. The molecule has 0 unspecified atom stereocenters. The molecule has 0 aliphatic carbocycles. The molecule has 1 aliphatic heterocycles. The van der Waals surface area contributed by atoms with Crippen molar-refractivity contribution in [2.45, 2.75) is 27.7 Å². The molecule has 26 heavy (non-hydrogen) atoms. The first-order chi connectivity index (χ1) is 11.7. The molecule has 0 saturated carbocycles. The number of rotatable bonds is 4. The number of benzene rings is 2. The summed E-state index contributed by atoms with van der Waals surface area (Å²) in [5.74, 6) is 0. The SMILES string of the molecule is CC[P+]1(CC)CC[P+](CC)(CC)c2ccccc2-c2ccccc21.[I-].[I-]. The third-order valence-corrected chi connectivity index (χ3v) is 16.7. The molecule has 0 spiro atoms. The van der Waals surface area contributed by atoms with Crippen molar-refractivity contribution in [3.05, 3.63) is 48.5 Å². The number of hydrogen-bond donors (Lipinski definition) is 0. The zero-order chi connectivity index (χ0) is 17.2. The largest absolute Gasteiger partial charge is 1.00 e. The van der Waals surface area contributed by atoms with Crippen LogP contribution in [0.15, 0.2) is 48.5 Å². The third kappa shape index (κ3) is 4.19. The van der Waals surface area contributed by atoms with Gasteiger partial charge >= 0.3 is 0 Å². The highest BCUT2D eigenvalue weighted by molar-refractivity contribution is 7.87. The predicted molar refractivity (Wildman–Crippen MR) is 117 cm³/mol. The van der Waals surface area contributed by atoms with E-state index in [1.54, 1.807) is 21.7 Å². The Morgan fingerprint density at radius 1 is 0.577 bits per heavy atom. The van der Waals surface area contributed by atoms with Gasteiger partial charge < -0.3 is 48.0 Å².